The van der Waals surface area contributed by atoms with Crippen LogP contribution >= 0.6 is 28.9 Å². The van der Waals surface area contributed by atoms with Crippen LogP contribution in [0.15, 0.2) is 17.2 Å². The first kappa shape index (κ1) is 21.3. The van der Waals surface area contributed by atoms with E-state index in [1.807, 2.05) is 26.8 Å². The van der Waals surface area contributed by atoms with Crippen LogP contribution in [0, 0.1) is 0 Å². The van der Waals surface area contributed by atoms with Gasteiger partial charge in [-0.1, -0.05) is 20.4 Å². The molecule has 1 fully saturated rings. The number of phenols is 1. The van der Waals surface area contributed by atoms with Crippen molar-refractivity contribution in [1.82, 2.24) is 9.88 Å². The zero-order chi connectivity index (χ0) is 20.6. The Labute approximate surface area is 180 Å². The fraction of sp³-hybridized carbons (Fsp3) is 0.500. The number of anilines is 1. The molecule has 2 heterocycles. The van der Waals surface area contributed by atoms with Crippen molar-refractivity contribution in [3.05, 3.63) is 17.7 Å². The Morgan fingerprint density at radius 3 is 2.50 bits per heavy atom. The monoisotopic (exact) mass is 517 g/mol. The summed E-state index contributed by atoms with van der Waals surface area (Å²) < 4.78 is 5.48. The van der Waals surface area contributed by atoms with Gasteiger partial charge in [0.25, 0.3) is 0 Å². The van der Waals surface area contributed by atoms with Crippen LogP contribution < -0.4 is 4.90 Å². The molecular formula is C20H28IN3O3S. The number of hydrogen-bond donors (Lipinski definition) is 2. The maximum atomic E-state index is 12.3. The number of ether oxygens (including phenoxy) is 1. The molecule has 1 aliphatic heterocycles. The van der Waals surface area contributed by atoms with Gasteiger partial charge in [-0.15, -0.1) is 0 Å². The van der Waals surface area contributed by atoms with E-state index >= 15 is 0 Å². The Morgan fingerprint density at radius 2 is 1.96 bits per heavy atom. The highest BCUT2D eigenvalue weighted by Gasteiger charge is 2.28. The number of hydrogen-bond acceptors (Lipinski definition) is 4. The maximum absolute atomic E-state index is 12.3. The number of benzene rings is 1. The average Bonchev–Trinajstić information content (AvgIpc) is 2.99. The second kappa shape index (κ2) is 8.14. The number of amides is 1. The Balaban J connectivity index is 1.88. The number of piperazine rings is 1. The van der Waals surface area contributed by atoms with E-state index < -0.39 is 5.60 Å². The number of halogens is 1. The molecule has 28 heavy (non-hydrogen) atoms. The van der Waals surface area contributed by atoms with Crippen molar-refractivity contribution >= 4 is 57.4 Å². The molecule has 1 aromatic heterocycles. The van der Waals surface area contributed by atoms with Crippen LogP contribution in [-0.4, -0.2) is 58.7 Å². The smallest absolute Gasteiger partial charge is 0.410 e. The third kappa shape index (κ3) is 4.27. The van der Waals surface area contributed by atoms with Gasteiger partial charge in [-0.25, -0.2) is 4.79 Å². The summed E-state index contributed by atoms with van der Waals surface area (Å²) in [5.74, 6) is 4.44. The van der Waals surface area contributed by atoms with E-state index in [-0.39, 0.29) is 19.5 Å². The van der Waals surface area contributed by atoms with Crippen LogP contribution in [0.4, 0.5) is 10.5 Å². The predicted molar refractivity (Wildman–Crippen MR) is 126 cm³/mol. The highest BCUT2D eigenvalue weighted by molar-refractivity contribution is 14.2. The number of carbonyl (C=O) groups excluding carboxylic acids is 1. The Morgan fingerprint density at radius 1 is 1.32 bits per heavy atom. The van der Waals surface area contributed by atoms with Gasteiger partial charge in [-0.2, -0.15) is 0 Å². The van der Waals surface area contributed by atoms with Crippen LogP contribution in [0.1, 0.15) is 33.3 Å². The number of carbonyl (C=O) groups is 1. The molecule has 154 valence electrons. The molecule has 0 aliphatic carbocycles. The van der Waals surface area contributed by atoms with Crippen molar-refractivity contribution < 1.29 is 14.6 Å². The lowest BCUT2D eigenvalue weighted by atomic mass is 10.1. The normalized spacial score (nSPS) is 16.5. The van der Waals surface area contributed by atoms with Gasteiger partial charge in [0.1, 0.15) is 17.0 Å². The van der Waals surface area contributed by atoms with Crippen LogP contribution in [0.25, 0.3) is 10.9 Å². The van der Waals surface area contributed by atoms with E-state index in [1.54, 1.807) is 11.0 Å². The Bertz CT molecular complexity index is 912. The summed E-state index contributed by atoms with van der Waals surface area (Å²) in [7, 11) is -0.170. The van der Waals surface area contributed by atoms with Gasteiger partial charge in [0.05, 0.1) is 10.5 Å². The molecule has 0 bridgehead atoms. The molecule has 1 unspecified atom stereocenters. The number of aryl methyl sites for hydroxylation is 1. The topological polar surface area (TPSA) is 68.8 Å². The fourth-order valence-electron chi connectivity index (χ4n) is 3.57. The number of H-pyrrole nitrogens is 1. The van der Waals surface area contributed by atoms with Crippen molar-refractivity contribution in [2.75, 3.05) is 31.1 Å². The minimum atomic E-state index is -0.500. The number of fused-ring (bicyclic) bond motifs is 1. The summed E-state index contributed by atoms with van der Waals surface area (Å²) >= 11 is 2.34. The van der Waals surface area contributed by atoms with E-state index in [0.717, 1.165) is 28.0 Å². The molecule has 1 amide bonds. The predicted octanol–water partition coefficient (Wildman–Crippen LogP) is 4.90. The number of phenolic OH excluding ortho intramolecular Hbond substituents is 1. The molecule has 1 aromatic carbocycles. The zero-order valence-corrected chi connectivity index (χ0v) is 19.8. The first-order valence-electron chi connectivity index (χ1n) is 9.42. The van der Waals surface area contributed by atoms with E-state index in [2.05, 4.69) is 43.9 Å². The lowest BCUT2D eigenvalue weighted by molar-refractivity contribution is 0.0240. The summed E-state index contributed by atoms with van der Waals surface area (Å²) in [5.41, 5.74) is 2.52. The van der Waals surface area contributed by atoms with Gasteiger partial charge >= 0.3 is 6.09 Å². The summed E-state index contributed by atoms with van der Waals surface area (Å²) in [6.07, 6.45) is 0.629. The second-order valence-electron chi connectivity index (χ2n) is 7.93. The van der Waals surface area contributed by atoms with Gasteiger partial charge in [0, 0.05) is 31.6 Å². The van der Waals surface area contributed by atoms with Gasteiger partial charge in [0.2, 0.25) is 0 Å². The van der Waals surface area contributed by atoms with Crippen molar-refractivity contribution in [2.24, 2.45) is 0 Å². The Kier molecular flexibility index (Phi) is 6.19. The van der Waals surface area contributed by atoms with E-state index in [4.69, 9.17) is 4.74 Å². The maximum Gasteiger partial charge on any atom is 0.410 e. The lowest BCUT2D eigenvalue weighted by Gasteiger charge is -2.37. The number of nitrogens with one attached hydrogen (secondary N) is 1. The minimum Gasteiger partial charge on any atom is -0.506 e. The SMILES string of the molecule is C=S(I)c1[nH]c2c(N3CCN(C(=O)OC(C)(C)C)CC3)c(O)ccc2c1CC. The summed E-state index contributed by atoms with van der Waals surface area (Å²) in [6, 6.07) is 3.75. The van der Waals surface area contributed by atoms with Crippen LogP contribution in [0.2, 0.25) is 0 Å². The first-order valence-corrected chi connectivity index (χ1v) is 13.4. The molecule has 0 spiro atoms. The lowest BCUT2D eigenvalue weighted by Crippen LogP contribution is -2.50. The molecule has 1 saturated heterocycles. The summed E-state index contributed by atoms with van der Waals surface area (Å²) in [5, 5.41) is 12.9. The van der Waals surface area contributed by atoms with E-state index in [1.165, 1.54) is 5.56 Å². The van der Waals surface area contributed by atoms with E-state index in [0.29, 0.717) is 26.2 Å². The van der Waals surface area contributed by atoms with Gasteiger partial charge in [0.15, 0.2) is 0 Å². The minimum absolute atomic E-state index is 0.170. The number of aromatic amines is 1. The summed E-state index contributed by atoms with van der Waals surface area (Å²) in [6.45, 7) is 10.2. The summed E-state index contributed by atoms with van der Waals surface area (Å²) in [4.78, 5) is 19.7. The van der Waals surface area contributed by atoms with Crippen LogP contribution in [-0.2, 0) is 11.2 Å². The molecule has 6 nitrogen and oxygen atoms in total. The molecule has 0 saturated carbocycles. The Hall–Kier alpha value is -1.42. The third-order valence-electron chi connectivity index (χ3n) is 4.82. The van der Waals surface area contributed by atoms with Crippen LogP contribution in [0.3, 0.4) is 0 Å². The zero-order valence-electron chi connectivity index (χ0n) is 16.8. The quantitative estimate of drug-likeness (QED) is 0.449. The number of aromatic nitrogens is 1. The molecule has 2 aromatic rings. The number of rotatable bonds is 3. The largest absolute Gasteiger partial charge is 0.506 e. The van der Waals surface area contributed by atoms with Crippen molar-refractivity contribution in [2.45, 2.75) is 44.7 Å². The number of aromatic hydroxyl groups is 1. The molecular weight excluding hydrogens is 489 g/mol. The molecule has 2 N–H and O–H groups in total. The average molecular weight is 517 g/mol. The third-order valence-corrected chi connectivity index (χ3v) is 6.93. The van der Waals surface area contributed by atoms with Gasteiger partial charge < -0.3 is 24.6 Å². The first-order chi connectivity index (χ1) is 13.1. The highest BCUT2D eigenvalue weighted by atomic mass is 127. The standard InChI is InChI=1S/C20H28IN3O3S/c1-6-13-14-7-8-15(25)17(16(14)22-18(13)28(5)21)23-9-11-24(12-10-23)19(26)27-20(2,3)4/h7-8,22,25H,5-6,9-12H2,1-4H3. The molecule has 1 atom stereocenters. The van der Waals surface area contributed by atoms with Crippen LogP contribution in [0.5, 0.6) is 5.75 Å². The fourth-order valence-corrected chi connectivity index (χ4v) is 5.43. The molecule has 0 radical (unpaired) electrons. The van der Waals surface area contributed by atoms with Crippen molar-refractivity contribution in [1.29, 1.82) is 0 Å². The molecule has 8 heteroatoms. The van der Waals surface area contributed by atoms with Gasteiger partial charge in [-0.05, 0) is 66.1 Å². The number of nitrogens with zero attached hydrogens (tertiary/aromatic N) is 2. The molecule has 3 rings (SSSR count). The van der Waals surface area contributed by atoms with Crippen molar-refractivity contribution in [3.63, 3.8) is 0 Å². The van der Waals surface area contributed by atoms with Crippen molar-refractivity contribution in [3.8, 4) is 5.75 Å². The van der Waals surface area contributed by atoms with Gasteiger partial charge in [-0.3, -0.25) is 0 Å². The second-order valence-corrected chi connectivity index (χ2v) is 12.2. The molecule has 1 aliphatic rings. The highest BCUT2D eigenvalue weighted by Crippen LogP contribution is 2.43. The van der Waals surface area contributed by atoms with E-state index in [9.17, 15) is 9.90 Å².